The largest absolute Gasteiger partial charge is 0.332 e. The van der Waals surface area contributed by atoms with Gasteiger partial charge in [-0.1, -0.05) is 23.7 Å². The molecule has 6 heteroatoms. The maximum Gasteiger partial charge on any atom is 0.228 e. The van der Waals surface area contributed by atoms with Crippen molar-refractivity contribution < 1.29 is 4.79 Å². The number of amides is 1. The number of carbonyl (C=O) groups is 1. The molecule has 1 aliphatic rings. The van der Waals surface area contributed by atoms with Crippen LogP contribution in [0, 0.1) is 0 Å². The van der Waals surface area contributed by atoms with Crippen LogP contribution in [0.15, 0.2) is 42.5 Å². The maximum atomic E-state index is 11.3. The van der Waals surface area contributed by atoms with Crippen LogP contribution in [-0.2, 0) is 11.2 Å². The number of carbonyl (C=O) groups excluding carboxylic acids is 1. The molecule has 2 aromatic carbocycles. The Labute approximate surface area is 132 Å². The first-order valence-corrected chi connectivity index (χ1v) is 7.15. The van der Waals surface area contributed by atoms with Gasteiger partial charge in [0.2, 0.25) is 5.91 Å². The van der Waals surface area contributed by atoms with Gasteiger partial charge >= 0.3 is 0 Å². The monoisotopic (exact) mass is 317 g/mol. The molecule has 106 valence electrons. The lowest BCUT2D eigenvalue weighted by atomic mass is 10.1. The Bertz CT molecular complexity index is 733. The van der Waals surface area contributed by atoms with Crippen molar-refractivity contribution in [3.05, 3.63) is 53.1 Å². The van der Waals surface area contributed by atoms with E-state index < -0.39 is 0 Å². The molecule has 0 aliphatic carbocycles. The van der Waals surface area contributed by atoms with E-state index in [4.69, 9.17) is 23.8 Å². The second-order valence-electron chi connectivity index (χ2n) is 4.69. The van der Waals surface area contributed by atoms with E-state index >= 15 is 0 Å². The van der Waals surface area contributed by atoms with Crippen LogP contribution in [0.25, 0.3) is 0 Å². The van der Waals surface area contributed by atoms with Crippen molar-refractivity contribution in [3.63, 3.8) is 0 Å². The molecule has 1 heterocycles. The molecule has 0 saturated carbocycles. The third-order valence-corrected chi connectivity index (χ3v) is 3.51. The number of benzene rings is 2. The van der Waals surface area contributed by atoms with Crippen molar-refractivity contribution in [2.45, 2.75) is 6.42 Å². The Hall–Kier alpha value is -2.11. The molecule has 3 rings (SSSR count). The number of hydrogen-bond acceptors (Lipinski definition) is 2. The molecular weight excluding hydrogens is 306 g/mol. The third-order valence-electron chi connectivity index (χ3n) is 3.08. The number of nitrogens with one attached hydrogen (secondary N) is 3. The summed E-state index contributed by atoms with van der Waals surface area (Å²) >= 11 is 11.2. The van der Waals surface area contributed by atoms with Gasteiger partial charge in [0, 0.05) is 22.1 Å². The van der Waals surface area contributed by atoms with Crippen molar-refractivity contribution >= 4 is 51.9 Å². The first-order chi connectivity index (χ1) is 10.1. The first-order valence-electron chi connectivity index (χ1n) is 6.36. The van der Waals surface area contributed by atoms with Crippen LogP contribution in [0.2, 0.25) is 5.02 Å². The smallest absolute Gasteiger partial charge is 0.228 e. The van der Waals surface area contributed by atoms with Crippen LogP contribution in [0.5, 0.6) is 0 Å². The number of hydrogen-bond donors (Lipinski definition) is 3. The minimum Gasteiger partial charge on any atom is -0.332 e. The SMILES string of the molecule is O=C1Cc2ccc(NC(=S)Nc3cccc(Cl)c3)cc2N1. The second-order valence-corrected chi connectivity index (χ2v) is 5.53. The van der Waals surface area contributed by atoms with Gasteiger partial charge in [-0.2, -0.15) is 0 Å². The predicted molar refractivity (Wildman–Crippen MR) is 90.1 cm³/mol. The molecule has 0 radical (unpaired) electrons. The minimum absolute atomic E-state index is 0.0155. The molecule has 0 bridgehead atoms. The van der Waals surface area contributed by atoms with Gasteiger partial charge in [0.1, 0.15) is 0 Å². The van der Waals surface area contributed by atoms with E-state index in [0.717, 1.165) is 22.6 Å². The Morgan fingerprint density at radius 2 is 1.90 bits per heavy atom. The molecular formula is C15H12ClN3OS. The molecule has 0 saturated heterocycles. The van der Waals surface area contributed by atoms with Gasteiger partial charge in [0.25, 0.3) is 0 Å². The van der Waals surface area contributed by atoms with Crippen molar-refractivity contribution in [1.29, 1.82) is 0 Å². The summed E-state index contributed by atoms with van der Waals surface area (Å²) in [4.78, 5) is 11.3. The van der Waals surface area contributed by atoms with Crippen LogP contribution in [-0.4, -0.2) is 11.0 Å². The lowest BCUT2D eigenvalue weighted by Gasteiger charge is -2.11. The summed E-state index contributed by atoms with van der Waals surface area (Å²) in [5.74, 6) is 0.0155. The molecule has 1 aliphatic heterocycles. The molecule has 0 fully saturated rings. The Kier molecular flexibility index (Phi) is 3.77. The van der Waals surface area contributed by atoms with Crippen LogP contribution in [0.3, 0.4) is 0 Å². The second kappa shape index (κ2) is 5.71. The van der Waals surface area contributed by atoms with Crippen molar-refractivity contribution in [3.8, 4) is 0 Å². The molecule has 0 unspecified atom stereocenters. The van der Waals surface area contributed by atoms with Gasteiger partial charge in [0.15, 0.2) is 5.11 Å². The number of anilines is 3. The van der Waals surface area contributed by atoms with Crippen LogP contribution in [0.4, 0.5) is 17.1 Å². The zero-order valence-corrected chi connectivity index (χ0v) is 12.5. The van der Waals surface area contributed by atoms with Gasteiger partial charge in [-0.3, -0.25) is 4.79 Å². The molecule has 4 nitrogen and oxygen atoms in total. The number of thiocarbonyl (C=S) groups is 1. The quantitative estimate of drug-likeness (QED) is 0.740. The summed E-state index contributed by atoms with van der Waals surface area (Å²) in [5, 5.41) is 10.0. The highest BCUT2D eigenvalue weighted by Crippen LogP contribution is 2.26. The number of fused-ring (bicyclic) bond motifs is 1. The van der Waals surface area contributed by atoms with E-state index in [2.05, 4.69) is 16.0 Å². The number of rotatable bonds is 2. The first kappa shape index (κ1) is 13.9. The van der Waals surface area contributed by atoms with Gasteiger partial charge in [-0.15, -0.1) is 0 Å². The lowest BCUT2D eigenvalue weighted by Crippen LogP contribution is -2.19. The van der Waals surface area contributed by atoms with E-state index in [-0.39, 0.29) is 5.91 Å². The average Bonchev–Trinajstić information content (AvgIpc) is 2.78. The van der Waals surface area contributed by atoms with E-state index in [9.17, 15) is 4.79 Å². The standard InChI is InChI=1S/C15H12ClN3OS/c16-10-2-1-3-11(7-10)17-15(21)18-12-5-4-9-6-14(20)19-13(9)8-12/h1-5,7-8H,6H2,(H,19,20)(H2,17,18,21). The van der Waals surface area contributed by atoms with E-state index in [0.29, 0.717) is 16.6 Å². The van der Waals surface area contributed by atoms with Crippen LogP contribution < -0.4 is 16.0 Å². The van der Waals surface area contributed by atoms with Crippen molar-refractivity contribution in [2.24, 2.45) is 0 Å². The average molecular weight is 318 g/mol. The van der Waals surface area contributed by atoms with Gasteiger partial charge in [-0.25, -0.2) is 0 Å². The Morgan fingerprint density at radius 1 is 1.14 bits per heavy atom. The molecule has 21 heavy (non-hydrogen) atoms. The summed E-state index contributed by atoms with van der Waals surface area (Å²) in [6.07, 6.45) is 0.431. The summed E-state index contributed by atoms with van der Waals surface area (Å²) < 4.78 is 0. The molecule has 3 N–H and O–H groups in total. The van der Waals surface area contributed by atoms with Gasteiger partial charge in [-0.05, 0) is 48.1 Å². The minimum atomic E-state index is 0.0155. The predicted octanol–water partition coefficient (Wildman–Crippen LogP) is 3.64. The van der Waals surface area contributed by atoms with E-state index in [1.807, 2.05) is 30.3 Å². The molecule has 1 amide bonds. The fraction of sp³-hybridized carbons (Fsp3) is 0.0667. The molecule has 2 aromatic rings. The topological polar surface area (TPSA) is 53.2 Å². The maximum absolute atomic E-state index is 11.3. The van der Waals surface area contributed by atoms with Crippen LogP contribution in [0.1, 0.15) is 5.56 Å². The van der Waals surface area contributed by atoms with Gasteiger partial charge in [0.05, 0.1) is 6.42 Å². The fourth-order valence-corrected chi connectivity index (χ4v) is 2.58. The van der Waals surface area contributed by atoms with Crippen molar-refractivity contribution in [1.82, 2.24) is 0 Å². The zero-order chi connectivity index (χ0) is 14.8. The fourth-order valence-electron chi connectivity index (χ4n) is 2.15. The molecule has 0 aromatic heterocycles. The lowest BCUT2D eigenvalue weighted by molar-refractivity contribution is -0.115. The summed E-state index contributed by atoms with van der Waals surface area (Å²) in [5.41, 5.74) is 3.46. The van der Waals surface area contributed by atoms with E-state index in [1.165, 1.54) is 0 Å². The molecule has 0 atom stereocenters. The summed E-state index contributed by atoms with van der Waals surface area (Å²) in [7, 11) is 0. The van der Waals surface area contributed by atoms with E-state index in [1.54, 1.807) is 12.1 Å². The highest BCUT2D eigenvalue weighted by Gasteiger charge is 2.17. The Balaban J connectivity index is 1.68. The highest BCUT2D eigenvalue weighted by atomic mass is 35.5. The van der Waals surface area contributed by atoms with Gasteiger partial charge < -0.3 is 16.0 Å². The normalized spacial score (nSPS) is 12.5. The summed E-state index contributed by atoms with van der Waals surface area (Å²) in [6, 6.07) is 13.0. The molecule has 0 spiro atoms. The Morgan fingerprint density at radius 3 is 2.67 bits per heavy atom. The summed E-state index contributed by atoms with van der Waals surface area (Å²) in [6.45, 7) is 0. The highest BCUT2D eigenvalue weighted by molar-refractivity contribution is 7.80. The van der Waals surface area contributed by atoms with Crippen molar-refractivity contribution in [2.75, 3.05) is 16.0 Å². The number of halogens is 1. The zero-order valence-electron chi connectivity index (χ0n) is 10.9. The van der Waals surface area contributed by atoms with Crippen LogP contribution >= 0.6 is 23.8 Å². The third kappa shape index (κ3) is 3.32.